The van der Waals surface area contributed by atoms with Gasteiger partial charge in [-0.1, -0.05) is 69.3 Å². The minimum atomic E-state index is -0.992. The summed E-state index contributed by atoms with van der Waals surface area (Å²) in [6.07, 6.45) is 2.79. The molecular formula is C42H48N6O5S. The third-order valence-electron chi connectivity index (χ3n) is 8.82. The van der Waals surface area contributed by atoms with Crippen molar-refractivity contribution in [2.45, 2.75) is 58.2 Å². The van der Waals surface area contributed by atoms with Gasteiger partial charge in [-0.2, -0.15) is 4.98 Å². The number of carboxylic acid groups (broad SMARTS) is 1. The second-order valence-electron chi connectivity index (χ2n) is 14.4. The van der Waals surface area contributed by atoms with E-state index < -0.39 is 5.97 Å². The van der Waals surface area contributed by atoms with Crippen molar-refractivity contribution in [2.24, 2.45) is 5.41 Å². The number of nitrogens with zero attached hydrogens (tertiary/aromatic N) is 4. The topological polar surface area (TPSA) is 131 Å². The van der Waals surface area contributed by atoms with Crippen LogP contribution in [0.25, 0.3) is 11.3 Å². The summed E-state index contributed by atoms with van der Waals surface area (Å²) in [5, 5.41) is 13.2. The van der Waals surface area contributed by atoms with Crippen molar-refractivity contribution in [3.8, 4) is 22.9 Å². The number of carbonyl (C=O) groups is 1. The van der Waals surface area contributed by atoms with E-state index in [0.29, 0.717) is 47.9 Å². The maximum Gasteiger partial charge on any atom is 0.335 e. The molecule has 11 nitrogen and oxygen atoms in total. The molecule has 12 heteroatoms. The number of ether oxygens (including phenoxy) is 3. The molecule has 1 aliphatic heterocycles. The highest BCUT2D eigenvalue weighted by atomic mass is 32.2. The molecule has 2 aromatic heterocycles. The smallest absolute Gasteiger partial charge is 0.335 e. The zero-order valence-corrected chi connectivity index (χ0v) is 32.1. The van der Waals surface area contributed by atoms with Gasteiger partial charge in [-0.05, 0) is 78.2 Å². The summed E-state index contributed by atoms with van der Waals surface area (Å²) < 4.78 is 21.6. The highest BCUT2D eigenvalue weighted by molar-refractivity contribution is 8.00. The Balaban J connectivity index is 1.23. The molecule has 5 aromatic rings. The SMILES string of the molecule is Cc1cccc(OCc2ccccc2)c1-c1cc(OC[C@@H](CC(C)(C)C)NCc2ccc(N3CCOCC3)cn2)nc(NSc2cccc(C(=O)O)c2)n1. The Morgan fingerprint density at radius 2 is 1.76 bits per heavy atom. The molecule has 0 aliphatic carbocycles. The first-order valence-corrected chi connectivity index (χ1v) is 19.0. The quantitative estimate of drug-likeness (QED) is 0.0844. The maximum atomic E-state index is 11.6. The third kappa shape index (κ3) is 11.2. The molecule has 1 atom stereocenters. The van der Waals surface area contributed by atoms with E-state index in [0.717, 1.165) is 60.8 Å². The predicted molar refractivity (Wildman–Crippen MR) is 213 cm³/mol. The van der Waals surface area contributed by atoms with Crippen molar-refractivity contribution in [2.75, 3.05) is 42.5 Å². The van der Waals surface area contributed by atoms with Crippen LogP contribution in [-0.2, 0) is 17.9 Å². The summed E-state index contributed by atoms with van der Waals surface area (Å²) >= 11 is 1.23. The van der Waals surface area contributed by atoms with Crippen LogP contribution >= 0.6 is 11.9 Å². The number of aromatic nitrogens is 3. The summed E-state index contributed by atoms with van der Waals surface area (Å²) in [7, 11) is 0. The van der Waals surface area contributed by atoms with Crippen LogP contribution in [-0.4, -0.2) is 65.0 Å². The van der Waals surface area contributed by atoms with E-state index in [2.05, 4.69) is 47.8 Å². The van der Waals surface area contributed by atoms with Crippen molar-refractivity contribution < 1.29 is 24.1 Å². The van der Waals surface area contributed by atoms with Crippen LogP contribution < -0.4 is 24.4 Å². The Bertz CT molecular complexity index is 1980. The number of benzene rings is 3. The van der Waals surface area contributed by atoms with E-state index in [1.54, 1.807) is 18.2 Å². The fourth-order valence-corrected chi connectivity index (χ4v) is 6.82. The van der Waals surface area contributed by atoms with E-state index in [1.807, 2.05) is 73.8 Å². The Kier molecular flexibility index (Phi) is 13.0. The summed E-state index contributed by atoms with van der Waals surface area (Å²) in [5.41, 5.74) is 5.79. The fourth-order valence-electron chi connectivity index (χ4n) is 6.19. The second-order valence-corrected chi connectivity index (χ2v) is 15.3. The van der Waals surface area contributed by atoms with Crippen LogP contribution in [0.5, 0.6) is 11.6 Å². The first-order valence-electron chi connectivity index (χ1n) is 18.2. The summed E-state index contributed by atoms with van der Waals surface area (Å²) in [6, 6.07) is 28.7. The van der Waals surface area contributed by atoms with Crippen molar-refractivity contribution in [1.29, 1.82) is 0 Å². The molecule has 0 radical (unpaired) electrons. The lowest BCUT2D eigenvalue weighted by atomic mass is 9.88. The Morgan fingerprint density at radius 3 is 2.50 bits per heavy atom. The van der Waals surface area contributed by atoms with E-state index >= 15 is 0 Å². The number of pyridine rings is 1. The van der Waals surface area contributed by atoms with Crippen LogP contribution in [0.2, 0.25) is 0 Å². The molecule has 54 heavy (non-hydrogen) atoms. The van der Waals surface area contributed by atoms with Crippen molar-refractivity contribution >= 4 is 29.6 Å². The highest BCUT2D eigenvalue weighted by Gasteiger charge is 2.21. The van der Waals surface area contributed by atoms with Gasteiger partial charge in [0.05, 0.1) is 42.0 Å². The molecule has 3 heterocycles. The minimum Gasteiger partial charge on any atom is -0.488 e. The molecule has 1 saturated heterocycles. The maximum absolute atomic E-state index is 11.6. The molecule has 0 bridgehead atoms. The lowest BCUT2D eigenvalue weighted by molar-refractivity contribution is 0.0696. The lowest BCUT2D eigenvalue weighted by Crippen LogP contribution is -2.38. The number of morpholine rings is 1. The molecule has 0 amide bonds. The fraction of sp³-hybridized carbons (Fsp3) is 0.333. The molecule has 3 aromatic carbocycles. The number of rotatable bonds is 16. The number of carboxylic acids is 1. The average Bonchev–Trinajstić information content (AvgIpc) is 3.18. The largest absolute Gasteiger partial charge is 0.488 e. The molecule has 0 unspecified atom stereocenters. The predicted octanol–water partition coefficient (Wildman–Crippen LogP) is 8.05. The van der Waals surface area contributed by atoms with Gasteiger partial charge in [-0.25, -0.2) is 9.78 Å². The van der Waals surface area contributed by atoms with Crippen LogP contribution in [0.15, 0.2) is 102 Å². The van der Waals surface area contributed by atoms with Crippen LogP contribution in [0.1, 0.15) is 54.4 Å². The standard InChI is InChI=1S/C42H48N6O5S/c1-29-10-8-15-37(52-27-30-11-6-5-7-12-30)39(29)36-23-38(46-41(45-36)47-54-35-14-9-13-31(22-35)40(49)50)53-28-33(24-42(2,3)4)43-25-32-16-17-34(26-44-32)48-18-20-51-21-19-48/h5-17,22-23,26,33,43H,18-21,24-25,27-28H2,1-4H3,(H,49,50)(H,45,46,47)/t33-/m1/s1. The van der Waals surface area contributed by atoms with Crippen LogP contribution in [0, 0.1) is 12.3 Å². The van der Waals surface area contributed by atoms with Gasteiger partial charge in [0.1, 0.15) is 19.0 Å². The van der Waals surface area contributed by atoms with Gasteiger partial charge in [0.25, 0.3) is 0 Å². The zero-order valence-electron chi connectivity index (χ0n) is 31.2. The van der Waals surface area contributed by atoms with Crippen molar-refractivity contribution in [3.05, 3.63) is 120 Å². The van der Waals surface area contributed by atoms with Gasteiger partial charge in [-0.15, -0.1) is 0 Å². The number of anilines is 2. The van der Waals surface area contributed by atoms with Crippen LogP contribution in [0.4, 0.5) is 11.6 Å². The van der Waals surface area contributed by atoms with Crippen molar-refractivity contribution in [1.82, 2.24) is 20.3 Å². The van der Waals surface area contributed by atoms with E-state index in [9.17, 15) is 9.90 Å². The molecule has 282 valence electrons. The van der Waals surface area contributed by atoms with Gasteiger partial charge in [-0.3, -0.25) is 9.71 Å². The Labute approximate surface area is 321 Å². The van der Waals surface area contributed by atoms with E-state index in [1.165, 1.54) is 11.9 Å². The van der Waals surface area contributed by atoms with Gasteiger partial charge in [0.2, 0.25) is 11.8 Å². The first-order chi connectivity index (χ1) is 26.1. The van der Waals surface area contributed by atoms with E-state index in [4.69, 9.17) is 29.2 Å². The summed E-state index contributed by atoms with van der Waals surface area (Å²) in [5.74, 6) is 0.410. The lowest BCUT2D eigenvalue weighted by Gasteiger charge is -2.29. The molecule has 3 N–H and O–H groups in total. The molecule has 6 rings (SSSR count). The molecule has 1 fully saturated rings. The summed E-state index contributed by atoms with van der Waals surface area (Å²) in [4.78, 5) is 29.0. The normalized spacial score (nSPS) is 13.7. The van der Waals surface area contributed by atoms with Crippen LogP contribution in [0.3, 0.4) is 0 Å². The molecule has 0 saturated carbocycles. The summed E-state index contributed by atoms with van der Waals surface area (Å²) in [6.45, 7) is 13.2. The molecule has 0 spiro atoms. The van der Waals surface area contributed by atoms with Gasteiger partial charge in [0.15, 0.2) is 0 Å². The first kappa shape index (κ1) is 38.6. The van der Waals surface area contributed by atoms with Crippen molar-refractivity contribution in [3.63, 3.8) is 0 Å². The molecular weight excluding hydrogens is 701 g/mol. The van der Waals surface area contributed by atoms with E-state index in [-0.39, 0.29) is 17.0 Å². The number of aromatic carboxylic acids is 1. The minimum absolute atomic E-state index is 0.00286. The number of aryl methyl sites for hydroxylation is 1. The monoisotopic (exact) mass is 748 g/mol. The number of hydrogen-bond acceptors (Lipinski definition) is 11. The number of hydrogen-bond donors (Lipinski definition) is 3. The molecule has 1 aliphatic rings. The highest BCUT2D eigenvalue weighted by Crippen LogP contribution is 2.35. The van der Waals surface area contributed by atoms with Gasteiger partial charge >= 0.3 is 5.97 Å². The number of nitrogens with one attached hydrogen (secondary N) is 2. The zero-order chi connectivity index (χ0) is 37.9. The average molecular weight is 749 g/mol. The Morgan fingerprint density at radius 1 is 0.963 bits per heavy atom. The van der Waals surface area contributed by atoms with Gasteiger partial charge in [0, 0.05) is 42.2 Å². The van der Waals surface area contributed by atoms with Gasteiger partial charge < -0.3 is 29.5 Å². The Hall–Kier alpha value is -5.17. The second kappa shape index (κ2) is 18.2. The third-order valence-corrected chi connectivity index (χ3v) is 9.59.